The lowest BCUT2D eigenvalue weighted by Crippen LogP contribution is -2.39. The van der Waals surface area contributed by atoms with Crippen molar-refractivity contribution < 1.29 is 4.79 Å². The van der Waals surface area contributed by atoms with E-state index in [4.69, 9.17) is 5.73 Å². The Morgan fingerprint density at radius 3 is 2.68 bits per heavy atom. The molecular formula is C18H26Cl2N4O. The van der Waals surface area contributed by atoms with Gasteiger partial charge in [0, 0.05) is 44.0 Å². The molecule has 1 aromatic carbocycles. The normalized spacial score (nSPS) is 17.5. The zero-order valence-corrected chi connectivity index (χ0v) is 16.0. The van der Waals surface area contributed by atoms with Crippen molar-refractivity contribution in [1.29, 1.82) is 0 Å². The standard InChI is InChI=1S/C18H24N4O.2ClH/c1-14-20-9-11-21(14)13-16-8-5-10-22(16)18(23)12-17(19)15-6-3-2-4-7-15;;/h2-4,6-7,9,11,16-17H,5,8,10,12-13,19H2,1H3;2*1H. The minimum Gasteiger partial charge on any atom is -0.338 e. The van der Waals surface area contributed by atoms with E-state index in [-0.39, 0.29) is 42.8 Å². The van der Waals surface area contributed by atoms with Crippen molar-refractivity contribution in [2.45, 2.75) is 44.8 Å². The molecule has 2 unspecified atom stereocenters. The highest BCUT2D eigenvalue weighted by Gasteiger charge is 2.30. The summed E-state index contributed by atoms with van der Waals surface area (Å²) in [7, 11) is 0. The van der Waals surface area contributed by atoms with Crippen LogP contribution in [0, 0.1) is 6.92 Å². The van der Waals surface area contributed by atoms with Crippen molar-refractivity contribution in [2.24, 2.45) is 5.73 Å². The molecule has 0 radical (unpaired) electrons. The second-order valence-corrected chi connectivity index (χ2v) is 6.23. The molecule has 1 amide bonds. The fraction of sp³-hybridized carbons (Fsp3) is 0.444. The molecule has 0 saturated carbocycles. The number of hydrogen-bond donors (Lipinski definition) is 1. The van der Waals surface area contributed by atoms with Gasteiger partial charge in [-0.1, -0.05) is 30.3 Å². The third-order valence-electron chi connectivity index (χ3n) is 4.65. The monoisotopic (exact) mass is 384 g/mol. The molecule has 2 aromatic rings. The smallest absolute Gasteiger partial charge is 0.224 e. The Hall–Kier alpha value is -1.56. The molecule has 2 atom stereocenters. The predicted octanol–water partition coefficient (Wildman–Crippen LogP) is 3.12. The van der Waals surface area contributed by atoms with E-state index in [0.717, 1.165) is 37.3 Å². The molecular weight excluding hydrogens is 359 g/mol. The van der Waals surface area contributed by atoms with Gasteiger partial charge in [-0.05, 0) is 25.3 Å². The van der Waals surface area contributed by atoms with Crippen LogP contribution in [0.2, 0.25) is 0 Å². The first-order valence-corrected chi connectivity index (χ1v) is 8.23. The van der Waals surface area contributed by atoms with E-state index in [2.05, 4.69) is 9.55 Å². The van der Waals surface area contributed by atoms with Crippen molar-refractivity contribution >= 4 is 30.7 Å². The number of nitrogens with zero attached hydrogens (tertiary/aromatic N) is 3. The molecule has 1 aliphatic heterocycles. The highest BCUT2D eigenvalue weighted by atomic mass is 35.5. The van der Waals surface area contributed by atoms with E-state index in [1.807, 2.05) is 54.5 Å². The summed E-state index contributed by atoms with van der Waals surface area (Å²) in [5.41, 5.74) is 7.22. The molecule has 7 heteroatoms. The maximum Gasteiger partial charge on any atom is 0.224 e. The number of rotatable bonds is 5. The zero-order valence-electron chi connectivity index (χ0n) is 14.4. The van der Waals surface area contributed by atoms with Crippen molar-refractivity contribution in [2.75, 3.05) is 6.54 Å². The number of amides is 1. The molecule has 0 bridgehead atoms. The number of hydrogen-bond acceptors (Lipinski definition) is 3. The fourth-order valence-corrected chi connectivity index (χ4v) is 3.30. The second-order valence-electron chi connectivity index (χ2n) is 6.23. The Labute approximate surface area is 161 Å². The maximum atomic E-state index is 12.7. The minimum absolute atomic E-state index is 0. The number of nitrogens with two attached hydrogens (primary N) is 1. The van der Waals surface area contributed by atoms with Crippen LogP contribution in [0.15, 0.2) is 42.7 Å². The summed E-state index contributed by atoms with van der Waals surface area (Å²) in [6.45, 7) is 3.64. The summed E-state index contributed by atoms with van der Waals surface area (Å²) < 4.78 is 2.12. The summed E-state index contributed by atoms with van der Waals surface area (Å²) >= 11 is 0. The average Bonchev–Trinajstić information content (AvgIpc) is 3.18. The van der Waals surface area contributed by atoms with Crippen LogP contribution >= 0.6 is 24.8 Å². The van der Waals surface area contributed by atoms with E-state index < -0.39 is 0 Å². The predicted molar refractivity (Wildman–Crippen MR) is 104 cm³/mol. The van der Waals surface area contributed by atoms with Gasteiger partial charge in [0.1, 0.15) is 5.82 Å². The lowest BCUT2D eigenvalue weighted by atomic mass is 10.0. The van der Waals surface area contributed by atoms with Crippen LogP contribution < -0.4 is 5.73 Å². The molecule has 138 valence electrons. The van der Waals surface area contributed by atoms with Crippen LogP contribution in [0.3, 0.4) is 0 Å². The lowest BCUT2D eigenvalue weighted by molar-refractivity contribution is -0.132. The second kappa shape index (κ2) is 9.80. The highest BCUT2D eigenvalue weighted by Crippen LogP contribution is 2.23. The molecule has 3 rings (SSSR count). The van der Waals surface area contributed by atoms with Crippen LogP contribution in [0.1, 0.15) is 36.7 Å². The Morgan fingerprint density at radius 2 is 2.04 bits per heavy atom. The molecule has 1 fully saturated rings. The van der Waals surface area contributed by atoms with Crippen LogP contribution in [0.4, 0.5) is 0 Å². The molecule has 5 nitrogen and oxygen atoms in total. The van der Waals surface area contributed by atoms with Gasteiger partial charge in [-0.3, -0.25) is 4.79 Å². The van der Waals surface area contributed by atoms with E-state index in [1.165, 1.54) is 0 Å². The number of aryl methyl sites for hydroxylation is 1. The SMILES string of the molecule is Cc1nccn1CC1CCCN1C(=O)CC(N)c1ccccc1.Cl.Cl. The van der Waals surface area contributed by atoms with Gasteiger partial charge in [0.2, 0.25) is 5.91 Å². The lowest BCUT2D eigenvalue weighted by Gasteiger charge is -2.26. The third-order valence-corrected chi connectivity index (χ3v) is 4.65. The van der Waals surface area contributed by atoms with Crippen LogP contribution in [-0.4, -0.2) is 32.9 Å². The molecule has 1 saturated heterocycles. The molecule has 1 aromatic heterocycles. The van der Waals surface area contributed by atoms with Crippen molar-refractivity contribution in [3.05, 3.63) is 54.1 Å². The summed E-state index contributed by atoms with van der Waals surface area (Å²) in [4.78, 5) is 18.9. The van der Waals surface area contributed by atoms with E-state index in [9.17, 15) is 4.79 Å². The Morgan fingerprint density at radius 1 is 1.32 bits per heavy atom. The number of likely N-dealkylation sites (tertiary alicyclic amines) is 1. The van der Waals surface area contributed by atoms with E-state index >= 15 is 0 Å². The average molecular weight is 385 g/mol. The van der Waals surface area contributed by atoms with E-state index in [0.29, 0.717) is 6.42 Å². The first kappa shape index (κ1) is 21.5. The van der Waals surface area contributed by atoms with Gasteiger partial charge in [0.25, 0.3) is 0 Å². The Kier molecular flexibility index (Phi) is 8.42. The zero-order chi connectivity index (χ0) is 16.2. The molecule has 25 heavy (non-hydrogen) atoms. The highest BCUT2D eigenvalue weighted by molar-refractivity contribution is 5.85. The van der Waals surface area contributed by atoms with Gasteiger partial charge in [0.15, 0.2) is 0 Å². The van der Waals surface area contributed by atoms with Crippen LogP contribution in [-0.2, 0) is 11.3 Å². The van der Waals surface area contributed by atoms with Crippen molar-refractivity contribution in [1.82, 2.24) is 14.5 Å². The number of carbonyl (C=O) groups is 1. The summed E-state index contributed by atoms with van der Waals surface area (Å²) in [5, 5.41) is 0. The van der Waals surface area contributed by atoms with Crippen molar-refractivity contribution in [3.8, 4) is 0 Å². The quantitative estimate of drug-likeness (QED) is 0.860. The molecule has 1 aliphatic rings. The topological polar surface area (TPSA) is 64.2 Å². The molecule has 0 spiro atoms. The van der Waals surface area contributed by atoms with Gasteiger partial charge in [-0.2, -0.15) is 0 Å². The Balaban J connectivity index is 0.00000156. The van der Waals surface area contributed by atoms with Gasteiger partial charge < -0.3 is 15.2 Å². The molecule has 2 N–H and O–H groups in total. The van der Waals surface area contributed by atoms with Gasteiger partial charge in [-0.25, -0.2) is 4.98 Å². The Bertz CT molecular complexity index is 662. The fourth-order valence-electron chi connectivity index (χ4n) is 3.30. The number of benzene rings is 1. The number of imidazole rings is 1. The summed E-state index contributed by atoms with van der Waals surface area (Å²) in [6, 6.07) is 9.85. The summed E-state index contributed by atoms with van der Waals surface area (Å²) in [5.74, 6) is 1.15. The summed E-state index contributed by atoms with van der Waals surface area (Å²) in [6.07, 6.45) is 6.26. The molecule has 0 aliphatic carbocycles. The van der Waals surface area contributed by atoms with Gasteiger partial charge in [-0.15, -0.1) is 24.8 Å². The molecule has 2 heterocycles. The van der Waals surface area contributed by atoms with Crippen LogP contribution in [0.5, 0.6) is 0 Å². The first-order chi connectivity index (χ1) is 11.1. The first-order valence-electron chi connectivity index (χ1n) is 8.23. The van der Waals surface area contributed by atoms with E-state index in [1.54, 1.807) is 0 Å². The van der Waals surface area contributed by atoms with Crippen LogP contribution in [0.25, 0.3) is 0 Å². The number of aromatic nitrogens is 2. The largest absolute Gasteiger partial charge is 0.338 e. The maximum absolute atomic E-state index is 12.7. The third kappa shape index (κ3) is 5.21. The number of halogens is 2. The minimum atomic E-state index is -0.236. The van der Waals surface area contributed by atoms with Gasteiger partial charge >= 0.3 is 0 Å². The van der Waals surface area contributed by atoms with Gasteiger partial charge in [0.05, 0.1) is 0 Å². The number of carbonyl (C=O) groups excluding carboxylic acids is 1. The van der Waals surface area contributed by atoms with Crippen molar-refractivity contribution in [3.63, 3.8) is 0 Å².